The molecule has 0 unspecified atom stereocenters. The van der Waals surface area contributed by atoms with Crippen LogP contribution in [0.25, 0.3) is 10.2 Å². The number of aryl methyl sites for hydroxylation is 2. The summed E-state index contributed by atoms with van der Waals surface area (Å²) in [5, 5.41) is 10.6. The molecule has 0 aromatic carbocycles. The molecule has 3 aromatic rings. The molecule has 0 atom stereocenters. The molecule has 0 aliphatic heterocycles. The van der Waals surface area contributed by atoms with Gasteiger partial charge in [0, 0.05) is 4.88 Å². The summed E-state index contributed by atoms with van der Waals surface area (Å²) >= 11 is 1.48. The first-order chi connectivity index (χ1) is 10.6. The molecule has 0 aliphatic carbocycles. The molecular formula is C14H13N5O2S. The largest absolute Gasteiger partial charge is 0.323 e. The number of carbonyl (C=O) groups is 1. The molecule has 0 radical (unpaired) electrons. The molecule has 1 amide bonds. The first-order valence-electron chi connectivity index (χ1n) is 6.58. The minimum Gasteiger partial charge on any atom is -0.323 e. The van der Waals surface area contributed by atoms with Crippen LogP contribution in [-0.2, 0) is 11.3 Å². The van der Waals surface area contributed by atoms with Crippen LogP contribution < -0.4 is 10.9 Å². The zero-order valence-corrected chi connectivity index (χ0v) is 12.8. The molecule has 0 bridgehead atoms. The Balaban J connectivity index is 1.88. The summed E-state index contributed by atoms with van der Waals surface area (Å²) in [6, 6.07) is 1.63. The van der Waals surface area contributed by atoms with Gasteiger partial charge in [0.25, 0.3) is 5.56 Å². The molecule has 0 saturated heterocycles. The highest BCUT2D eigenvalue weighted by Crippen LogP contribution is 2.25. The molecule has 112 valence electrons. The third-order valence-electron chi connectivity index (χ3n) is 3.34. The molecule has 3 rings (SSSR count). The van der Waals surface area contributed by atoms with Crippen LogP contribution in [0.1, 0.15) is 10.4 Å². The highest BCUT2D eigenvalue weighted by Gasteiger charge is 2.13. The fourth-order valence-corrected chi connectivity index (χ4v) is 3.09. The SMILES string of the molecule is Cc1sc2ncn(CC(=O)Nc3ccnnc3)c(=O)c2c1C. The van der Waals surface area contributed by atoms with Crippen molar-refractivity contribution in [2.75, 3.05) is 5.32 Å². The third-order valence-corrected chi connectivity index (χ3v) is 4.45. The second-order valence-corrected chi connectivity index (χ2v) is 6.02. The number of fused-ring (bicyclic) bond motifs is 1. The Hall–Kier alpha value is -2.61. The second kappa shape index (κ2) is 5.64. The van der Waals surface area contributed by atoms with Gasteiger partial charge in [-0.2, -0.15) is 10.2 Å². The van der Waals surface area contributed by atoms with Crippen LogP contribution in [0.4, 0.5) is 5.69 Å². The van der Waals surface area contributed by atoms with E-state index in [-0.39, 0.29) is 18.0 Å². The van der Waals surface area contributed by atoms with Crippen molar-refractivity contribution in [3.8, 4) is 0 Å². The van der Waals surface area contributed by atoms with Gasteiger partial charge in [-0.15, -0.1) is 11.3 Å². The normalized spacial score (nSPS) is 10.8. The average molecular weight is 315 g/mol. The van der Waals surface area contributed by atoms with Crippen LogP contribution in [0.15, 0.2) is 29.6 Å². The highest BCUT2D eigenvalue weighted by atomic mass is 32.1. The predicted molar refractivity (Wildman–Crippen MR) is 84.0 cm³/mol. The second-order valence-electron chi connectivity index (χ2n) is 4.82. The Morgan fingerprint density at radius 1 is 1.36 bits per heavy atom. The molecule has 7 nitrogen and oxygen atoms in total. The molecule has 0 saturated carbocycles. The summed E-state index contributed by atoms with van der Waals surface area (Å²) in [6.07, 6.45) is 4.33. The lowest BCUT2D eigenvalue weighted by Crippen LogP contribution is -2.27. The Morgan fingerprint density at radius 3 is 2.91 bits per heavy atom. The van der Waals surface area contributed by atoms with E-state index in [2.05, 4.69) is 20.5 Å². The van der Waals surface area contributed by atoms with Gasteiger partial charge in [0.2, 0.25) is 5.91 Å². The van der Waals surface area contributed by atoms with Crippen LogP contribution >= 0.6 is 11.3 Å². The van der Waals surface area contributed by atoms with Crippen molar-refractivity contribution in [1.82, 2.24) is 19.7 Å². The fraction of sp³-hybridized carbons (Fsp3) is 0.214. The number of carbonyl (C=O) groups excluding carboxylic acids is 1. The van der Waals surface area contributed by atoms with E-state index in [9.17, 15) is 9.59 Å². The zero-order chi connectivity index (χ0) is 15.7. The smallest absolute Gasteiger partial charge is 0.262 e. The van der Waals surface area contributed by atoms with Gasteiger partial charge in [-0.05, 0) is 25.5 Å². The lowest BCUT2D eigenvalue weighted by atomic mass is 10.2. The summed E-state index contributed by atoms with van der Waals surface area (Å²) in [7, 11) is 0. The standard InChI is InChI=1S/C14H13N5O2S/c1-8-9(2)22-13-12(8)14(21)19(7-15-13)6-11(20)18-10-3-4-16-17-5-10/h3-5,7H,6H2,1-2H3,(H,16,18,20). The van der Waals surface area contributed by atoms with Gasteiger partial charge in [-0.1, -0.05) is 0 Å². The van der Waals surface area contributed by atoms with E-state index in [1.807, 2.05) is 13.8 Å². The molecular weight excluding hydrogens is 302 g/mol. The minimum absolute atomic E-state index is 0.0988. The number of amides is 1. The van der Waals surface area contributed by atoms with Crippen molar-refractivity contribution in [1.29, 1.82) is 0 Å². The first kappa shape index (κ1) is 14.3. The van der Waals surface area contributed by atoms with Gasteiger partial charge in [0.15, 0.2) is 0 Å². The maximum Gasteiger partial charge on any atom is 0.262 e. The summed E-state index contributed by atoms with van der Waals surface area (Å²) < 4.78 is 1.31. The number of hydrogen-bond donors (Lipinski definition) is 1. The molecule has 0 spiro atoms. The van der Waals surface area contributed by atoms with E-state index in [1.165, 1.54) is 34.6 Å². The van der Waals surface area contributed by atoms with Crippen LogP contribution in [0, 0.1) is 13.8 Å². The van der Waals surface area contributed by atoms with Gasteiger partial charge in [-0.25, -0.2) is 4.98 Å². The topological polar surface area (TPSA) is 89.8 Å². The Morgan fingerprint density at radius 2 is 2.18 bits per heavy atom. The number of nitrogens with one attached hydrogen (secondary N) is 1. The average Bonchev–Trinajstić information content (AvgIpc) is 2.79. The summed E-state index contributed by atoms with van der Waals surface area (Å²) in [4.78, 5) is 30.5. The van der Waals surface area contributed by atoms with Crippen LogP contribution in [0.3, 0.4) is 0 Å². The number of anilines is 1. The van der Waals surface area contributed by atoms with Crippen LogP contribution in [-0.4, -0.2) is 25.7 Å². The summed E-state index contributed by atoms with van der Waals surface area (Å²) in [5.74, 6) is -0.319. The quantitative estimate of drug-likeness (QED) is 0.791. The van der Waals surface area contributed by atoms with Gasteiger partial charge in [-0.3, -0.25) is 14.2 Å². The Kier molecular flexibility index (Phi) is 3.68. The predicted octanol–water partition coefficient (Wildman–Crippen LogP) is 1.50. The molecule has 22 heavy (non-hydrogen) atoms. The van der Waals surface area contributed by atoms with Gasteiger partial charge in [0.1, 0.15) is 11.4 Å². The van der Waals surface area contributed by atoms with Crippen molar-refractivity contribution in [2.24, 2.45) is 0 Å². The maximum absolute atomic E-state index is 12.5. The maximum atomic E-state index is 12.5. The Labute approximate surface area is 129 Å². The van der Waals surface area contributed by atoms with Crippen molar-refractivity contribution in [2.45, 2.75) is 20.4 Å². The lowest BCUT2D eigenvalue weighted by Gasteiger charge is -2.06. The van der Waals surface area contributed by atoms with E-state index in [1.54, 1.807) is 6.07 Å². The van der Waals surface area contributed by atoms with Crippen molar-refractivity contribution < 1.29 is 4.79 Å². The highest BCUT2D eigenvalue weighted by molar-refractivity contribution is 7.18. The third kappa shape index (κ3) is 2.60. The van der Waals surface area contributed by atoms with Crippen molar-refractivity contribution >= 4 is 33.1 Å². The Bertz CT molecular complexity index is 901. The van der Waals surface area contributed by atoms with E-state index in [0.717, 1.165) is 10.4 Å². The van der Waals surface area contributed by atoms with E-state index in [0.29, 0.717) is 15.9 Å². The van der Waals surface area contributed by atoms with Crippen LogP contribution in [0.5, 0.6) is 0 Å². The minimum atomic E-state index is -0.319. The number of hydrogen-bond acceptors (Lipinski definition) is 6. The van der Waals surface area contributed by atoms with Crippen molar-refractivity contribution in [3.05, 3.63) is 45.6 Å². The molecule has 1 N–H and O–H groups in total. The van der Waals surface area contributed by atoms with E-state index in [4.69, 9.17) is 0 Å². The molecule has 3 aromatic heterocycles. The molecule has 0 aliphatic rings. The number of aromatic nitrogens is 4. The van der Waals surface area contributed by atoms with Gasteiger partial charge < -0.3 is 5.32 Å². The monoisotopic (exact) mass is 315 g/mol. The first-order valence-corrected chi connectivity index (χ1v) is 7.39. The van der Waals surface area contributed by atoms with Gasteiger partial charge >= 0.3 is 0 Å². The molecule has 0 fully saturated rings. The van der Waals surface area contributed by atoms with Crippen molar-refractivity contribution in [3.63, 3.8) is 0 Å². The zero-order valence-electron chi connectivity index (χ0n) is 12.0. The van der Waals surface area contributed by atoms with E-state index >= 15 is 0 Å². The molecule has 3 heterocycles. The molecule has 8 heteroatoms. The number of thiophene rings is 1. The lowest BCUT2D eigenvalue weighted by molar-refractivity contribution is -0.116. The fourth-order valence-electron chi connectivity index (χ4n) is 2.10. The number of rotatable bonds is 3. The van der Waals surface area contributed by atoms with E-state index < -0.39 is 0 Å². The summed E-state index contributed by atoms with van der Waals surface area (Å²) in [6.45, 7) is 3.75. The van der Waals surface area contributed by atoms with Crippen LogP contribution in [0.2, 0.25) is 0 Å². The van der Waals surface area contributed by atoms with Gasteiger partial charge in [0.05, 0.1) is 29.8 Å². The number of nitrogens with zero attached hydrogens (tertiary/aromatic N) is 4. The summed E-state index contributed by atoms with van der Waals surface area (Å²) in [5.41, 5.74) is 1.25.